The highest BCUT2D eigenvalue weighted by molar-refractivity contribution is 9.10. The van der Waals surface area contributed by atoms with Gasteiger partial charge in [-0.3, -0.25) is 9.69 Å². The summed E-state index contributed by atoms with van der Waals surface area (Å²) < 4.78 is 7.63. The summed E-state index contributed by atoms with van der Waals surface area (Å²) in [6, 6.07) is 27.3. The Hall–Kier alpha value is -3.37. The molecule has 6 nitrogen and oxygen atoms in total. The van der Waals surface area contributed by atoms with Gasteiger partial charge >= 0.3 is 5.97 Å². The zero-order valence-electron chi connectivity index (χ0n) is 21.3. The van der Waals surface area contributed by atoms with Gasteiger partial charge in [-0.1, -0.05) is 70.0 Å². The van der Waals surface area contributed by atoms with Gasteiger partial charge in [-0.2, -0.15) is 0 Å². The molecule has 1 N–H and O–H groups in total. The molecule has 4 aromatic carbocycles. The number of ether oxygens (including phenoxy) is 1. The van der Waals surface area contributed by atoms with Crippen molar-refractivity contribution in [3.63, 3.8) is 0 Å². The largest absolute Gasteiger partial charge is 0.486 e. The van der Waals surface area contributed by atoms with E-state index < -0.39 is 5.97 Å². The van der Waals surface area contributed by atoms with Crippen molar-refractivity contribution >= 4 is 84.0 Å². The molecular weight excluding hydrogens is 692 g/mol. The normalized spacial score (nSPS) is 15.1. The first-order valence-corrected chi connectivity index (χ1v) is 15.1. The van der Waals surface area contributed by atoms with Crippen LogP contribution >= 0.6 is 55.2 Å². The monoisotopic (exact) mass is 710 g/mol. The minimum atomic E-state index is -1.00. The van der Waals surface area contributed by atoms with Crippen LogP contribution in [0.4, 0.5) is 5.69 Å². The third kappa shape index (κ3) is 7.29. The maximum atomic E-state index is 13.6. The lowest BCUT2D eigenvalue weighted by molar-refractivity contribution is -0.122. The molecule has 1 amide bonds. The molecule has 0 atom stereocenters. The van der Waals surface area contributed by atoms with Gasteiger partial charge in [0, 0.05) is 4.47 Å². The summed E-state index contributed by atoms with van der Waals surface area (Å²) in [5.74, 6) is -0.704. The Morgan fingerprint density at radius 2 is 1.66 bits per heavy atom. The summed E-state index contributed by atoms with van der Waals surface area (Å²) in [6.07, 6.45) is 1.77. The Morgan fingerprint density at radius 3 is 2.32 bits per heavy atom. The number of hydrogen-bond donors (Lipinski definition) is 1. The first kappa shape index (κ1) is 29.1. The molecule has 1 aliphatic rings. The van der Waals surface area contributed by atoms with Crippen LogP contribution in [-0.2, 0) is 17.9 Å². The van der Waals surface area contributed by atoms with E-state index in [0.717, 1.165) is 21.2 Å². The molecule has 41 heavy (non-hydrogen) atoms. The maximum Gasteiger partial charge on any atom is 0.335 e. The van der Waals surface area contributed by atoms with Crippen LogP contribution in [0, 0.1) is 0 Å². The van der Waals surface area contributed by atoms with Crippen LogP contribution in [0.5, 0.6) is 5.75 Å². The quantitative estimate of drug-likeness (QED) is 0.185. The molecule has 1 heterocycles. The third-order valence-electron chi connectivity index (χ3n) is 6.03. The molecule has 1 aliphatic heterocycles. The van der Waals surface area contributed by atoms with Gasteiger partial charge in [0.15, 0.2) is 10.9 Å². The molecule has 4 aromatic rings. The molecule has 1 fully saturated rings. The number of amidine groups is 1. The molecule has 0 saturated carbocycles. The van der Waals surface area contributed by atoms with Gasteiger partial charge in [0.25, 0.3) is 5.91 Å². The van der Waals surface area contributed by atoms with E-state index in [0.29, 0.717) is 37.6 Å². The molecule has 0 aromatic heterocycles. The number of nitrogens with zero attached hydrogens (tertiary/aromatic N) is 2. The second-order valence-corrected chi connectivity index (χ2v) is 12.1. The van der Waals surface area contributed by atoms with Gasteiger partial charge < -0.3 is 9.84 Å². The van der Waals surface area contributed by atoms with Gasteiger partial charge in [-0.15, -0.1) is 0 Å². The smallest absolute Gasteiger partial charge is 0.335 e. The summed E-state index contributed by atoms with van der Waals surface area (Å²) in [6.45, 7) is 0.587. The number of halogens is 3. The van der Waals surface area contributed by atoms with Crippen molar-refractivity contribution in [3.8, 4) is 5.75 Å². The Balaban J connectivity index is 1.40. The molecule has 0 spiro atoms. The van der Waals surface area contributed by atoms with Crippen molar-refractivity contribution in [1.82, 2.24) is 4.90 Å². The number of rotatable bonds is 8. The Bertz CT molecular complexity index is 1640. The highest BCUT2D eigenvalue weighted by Crippen LogP contribution is 2.39. The fourth-order valence-electron chi connectivity index (χ4n) is 3.97. The zero-order chi connectivity index (χ0) is 28.9. The molecule has 0 radical (unpaired) electrons. The van der Waals surface area contributed by atoms with Crippen LogP contribution in [0.25, 0.3) is 6.08 Å². The molecule has 0 bridgehead atoms. The van der Waals surface area contributed by atoms with Crippen LogP contribution < -0.4 is 4.74 Å². The van der Waals surface area contributed by atoms with E-state index in [4.69, 9.17) is 21.3 Å². The summed E-state index contributed by atoms with van der Waals surface area (Å²) in [7, 11) is 0. The lowest BCUT2D eigenvalue weighted by Crippen LogP contribution is -2.28. The number of para-hydroxylation sites is 1. The highest BCUT2D eigenvalue weighted by atomic mass is 79.9. The third-order valence-corrected chi connectivity index (χ3v) is 8.43. The minimum absolute atomic E-state index is 0.182. The lowest BCUT2D eigenvalue weighted by atomic mass is 10.1. The van der Waals surface area contributed by atoms with E-state index in [1.54, 1.807) is 29.2 Å². The van der Waals surface area contributed by atoms with Crippen LogP contribution in [0.3, 0.4) is 0 Å². The molecule has 5 rings (SSSR count). The van der Waals surface area contributed by atoms with Gasteiger partial charge in [0.2, 0.25) is 0 Å². The number of aliphatic imine (C=N–C) groups is 1. The number of aromatic carboxylic acids is 1. The van der Waals surface area contributed by atoms with Crippen molar-refractivity contribution in [2.45, 2.75) is 13.2 Å². The first-order chi connectivity index (χ1) is 19.8. The summed E-state index contributed by atoms with van der Waals surface area (Å²) in [5, 5.41) is 10.1. The van der Waals surface area contributed by atoms with Gasteiger partial charge in [-0.05, 0) is 99.0 Å². The molecular formula is C31H21Br2ClN2O4S. The second kappa shape index (κ2) is 13.1. The number of hydrogen-bond acceptors (Lipinski definition) is 5. The summed E-state index contributed by atoms with van der Waals surface area (Å²) in [4.78, 5) is 31.6. The van der Waals surface area contributed by atoms with E-state index in [1.807, 2.05) is 60.7 Å². The van der Waals surface area contributed by atoms with Crippen LogP contribution in [0.1, 0.15) is 27.0 Å². The predicted octanol–water partition coefficient (Wildman–Crippen LogP) is 8.95. The number of amides is 1. The van der Waals surface area contributed by atoms with E-state index >= 15 is 0 Å². The van der Waals surface area contributed by atoms with Crippen molar-refractivity contribution in [2.75, 3.05) is 0 Å². The van der Waals surface area contributed by atoms with Crippen molar-refractivity contribution < 1.29 is 19.4 Å². The Morgan fingerprint density at radius 1 is 0.976 bits per heavy atom. The van der Waals surface area contributed by atoms with Gasteiger partial charge in [0.1, 0.15) is 6.61 Å². The number of carbonyl (C=O) groups is 2. The second-order valence-electron chi connectivity index (χ2n) is 8.96. The van der Waals surface area contributed by atoms with E-state index in [-0.39, 0.29) is 18.0 Å². The summed E-state index contributed by atoms with van der Waals surface area (Å²) in [5.41, 5.74) is 3.40. The summed E-state index contributed by atoms with van der Waals surface area (Å²) >= 11 is 14.9. The average Bonchev–Trinajstić information content (AvgIpc) is 3.23. The van der Waals surface area contributed by atoms with Crippen molar-refractivity contribution in [1.29, 1.82) is 0 Å². The van der Waals surface area contributed by atoms with Crippen LogP contribution in [-0.4, -0.2) is 27.1 Å². The van der Waals surface area contributed by atoms with E-state index in [9.17, 15) is 14.7 Å². The Labute approximate surface area is 263 Å². The molecule has 206 valence electrons. The molecule has 10 heteroatoms. The number of carboxylic acids is 1. The number of benzene rings is 4. The molecule has 0 unspecified atom stereocenters. The Kier molecular flexibility index (Phi) is 9.29. The fraction of sp³-hybridized carbons (Fsp3) is 0.0645. The SMILES string of the molecule is O=C(O)c1ccc(CN2C(=O)/C(=C/c3cc(Cl)c(OCc4ccc(Br)cc4)c(Br)c3)SC2=Nc2ccccc2)cc1. The van der Waals surface area contributed by atoms with Crippen molar-refractivity contribution in [3.05, 3.63) is 132 Å². The fourth-order valence-corrected chi connectivity index (χ4v) is 6.22. The number of carboxylic acid groups (broad SMARTS) is 1. The van der Waals surface area contributed by atoms with Crippen LogP contribution in [0.15, 0.2) is 110 Å². The molecule has 0 aliphatic carbocycles. The first-order valence-electron chi connectivity index (χ1n) is 12.3. The maximum absolute atomic E-state index is 13.6. The van der Waals surface area contributed by atoms with E-state index in [1.165, 1.54) is 23.9 Å². The van der Waals surface area contributed by atoms with Crippen molar-refractivity contribution in [2.24, 2.45) is 4.99 Å². The number of thioether (sulfide) groups is 1. The highest BCUT2D eigenvalue weighted by Gasteiger charge is 2.33. The van der Waals surface area contributed by atoms with Gasteiger partial charge in [0.05, 0.1) is 32.2 Å². The molecule has 1 saturated heterocycles. The predicted molar refractivity (Wildman–Crippen MR) is 171 cm³/mol. The van der Waals surface area contributed by atoms with E-state index in [2.05, 4.69) is 31.9 Å². The minimum Gasteiger partial charge on any atom is -0.486 e. The topological polar surface area (TPSA) is 79.2 Å². The standard InChI is InChI=1S/C31H21Br2ClN2O4S/c32-23-12-8-20(9-13-23)18-40-28-25(33)14-21(15-26(28)34)16-27-29(37)36(17-19-6-10-22(11-7-19)30(38)39)31(41-27)35-24-4-2-1-3-5-24/h1-16H,17-18H2,(H,38,39)/b27-16-,35-31?. The number of carbonyl (C=O) groups excluding carboxylic acids is 1. The average molecular weight is 713 g/mol. The van der Waals surface area contributed by atoms with Crippen LogP contribution in [0.2, 0.25) is 5.02 Å². The zero-order valence-corrected chi connectivity index (χ0v) is 26.0. The lowest BCUT2D eigenvalue weighted by Gasteiger charge is -2.16. The van der Waals surface area contributed by atoms with Gasteiger partial charge in [-0.25, -0.2) is 9.79 Å².